The van der Waals surface area contributed by atoms with Gasteiger partial charge in [0, 0.05) is 0 Å². The van der Waals surface area contributed by atoms with E-state index in [9.17, 15) is 0 Å². The Morgan fingerprint density at radius 3 is 2.33 bits per heavy atom. The lowest BCUT2D eigenvalue weighted by atomic mass is 9.96. The van der Waals surface area contributed by atoms with Gasteiger partial charge in [0.05, 0.1) is 0 Å². The van der Waals surface area contributed by atoms with Gasteiger partial charge in [-0.05, 0) is 57.9 Å². The summed E-state index contributed by atoms with van der Waals surface area (Å²) in [6, 6.07) is 0. The molecule has 1 aliphatic heterocycles. The normalized spacial score (nSPS) is 20.6. The lowest BCUT2D eigenvalue weighted by Crippen LogP contribution is -2.33. The molecule has 1 saturated heterocycles. The molecule has 1 rings (SSSR count). The van der Waals surface area contributed by atoms with E-state index in [0.717, 1.165) is 5.92 Å². The fraction of sp³-hybridized carbons (Fsp3) is 1.00. The fourth-order valence-corrected chi connectivity index (χ4v) is 2.08. The molecule has 0 aliphatic carbocycles. The summed E-state index contributed by atoms with van der Waals surface area (Å²) in [7, 11) is 0. The van der Waals surface area contributed by atoms with Crippen molar-refractivity contribution in [3.63, 3.8) is 0 Å². The van der Waals surface area contributed by atoms with Gasteiger partial charge in [-0.2, -0.15) is 0 Å². The Kier molecular flexibility index (Phi) is 13.1. The standard InChI is InChI=1S/C11H24N2.2ClH/c1-3-13(4-2)9-7-11-6-5-8-12-10-11;;/h11-12H,3-10H2,1-2H3;2*1H. The van der Waals surface area contributed by atoms with Crippen LogP contribution in [0.3, 0.4) is 0 Å². The lowest BCUT2D eigenvalue weighted by molar-refractivity contribution is 0.255. The second-order valence-electron chi connectivity index (χ2n) is 4.03. The van der Waals surface area contributed by atoms with Gasteiger partial charge in [0.1, 0.15) is 0 Å². The molecular weight excluding hydrogens is 231 g/mol. The van der Waals surface area contributed by atoms with Gasteiger partial charge in [-0.25, -0.2) is 0 Å². The highest BCUT2D eigenvalue weighted by atomic mass is 35.5. The Balaban J connectivity index is 0. The van der Waals surface area contributed by atoms with Gasteiger partial charge in [0.15, 0.2) is 0 Å². The number of halogens is 2. The van der Waals surface area contributed by atoms with Crippen LogP contribution in [0, 0.1) is 5.92 Å². The van der Waals surface area contributed by atoms with E-state index in [1.165, 1.54) is 52.0 Å². The summed E-state index contributed by atoms with van der Waals surface area (Å²) in [4.78, 5) is 2.52. The van der Waals surface area contributed by atoms with Crippen LogP contribution in [0.5, 0.6) is 0 Å². The maximum Gasteiger partial charge on any atom is -0.00159 e. The highest BCUT2D eigenvalue weighted by Crippen LogP contribution is 2.14. The summed E-state index contributed by atoms with van der Waals surface area (Å²) in [5.74, 6) is 0.939. The first-order valence-corrected chi connectivity index (χ1v) is 5.79. The van der Waals surface area contributed by atoms with Gasteiger partial charge in [-0.3, -0.25) is 0 Å². The molecule has 0 radical (unpaired) electrons. The molecule has 1 aliphatic rings. The fourth-order valence-electron chi connectivity index (χ4n) is 2.08. The summed E-state index contributed by atoms with van der Waals surface area (Å²) in [5, 5.41) is 3.48. The first-order chi connectivity index (χ1) is 6.36. The molecule has 4 heteroatoms. The molecule has 94 valence electrons. The Bertz CT molecular complexity index is 124. The van der Waals surface area contributed by atoms with E-state index >= 15 is 0 Å². The summed E-state index contributed by atoms with van der Waals surface area (Å²) in [6.45, 7) is 10.7. The van der Waals surface area contributed by atoms with Crippen molar-refractivity contribution in [1.29, 1.82) is 0 Å². The van der Waals surface area contributed by atoms with Crippen LogP contribution in [0.2, 0.25) is 0 Å². The molecular formula is C11H26Cl2N2. The Labute approximate surface area is 107 Å². The molecule has 1 fully saturated rings. The van der Waals surface area contributed by atoms with Gasteiger partial charge < -0.3 is 10.2 Å². The summed E-state index contributed by atoms with van der Waals surface area (Å²) in [5.41, 5.74) is 0. The van der Waals surface area contributed by atoms with E-state index in [0.29, 0.717) is 0 Å². The van der Waals surface area contributed by atoms with Crippen molar-refractivity contribution in [2.75, 3.05) is 32.7 Å². The average molecular weight is 257 g/mol. The largest absolute Gasteiger partial charge is 0.316 e. The van der Waals surface area contributed by atoms with Crippen molar-refractivity contribution in [2.45, 2.75) is 33.1 Å². The summed E-state index contributed by atoms with van der Waals surface area (Å²) in [6.07, 6.45) is 4.20. The molecule has 0 aromatic carbocycles. The van der Waals surface area contributed by atoms with Crippen LogP contribution in [0.1, 0.15) is 33.1 Å². The van der Waals surface area contributed by atoms with Crippen molar-refractivity contribution < 1.29 is 0 Å². The molecule has 0 aromatic heterocycles. The second kappa shape index (κ2) is 11.0. The average Bonchev–Trinajstić information content (AvgIpc) is 2.21. The van der Waals surface area contributed by atoms with E-state index < -0.39 is 0 Å². The highest BCUT2D eigenvalue weighted by Gasteiger charge is 2.13. The van der Waals surface area contributed by atoms with Gasteiger partial charge in [0.25, 0.3) is 0 Å². The van der Waals surface area contributed by atoms with E-state index in [-0.39, 0.29) is 24.8 Å². The zero-order valence-electron chi connectivity index (χ0n) is 10.00. The molecule has 1 atom stereocenters. The highest BCUT2D eigenvalue weighted by molar-refractivity contribution is 5.85. The Morgan fingerprint density at radius 1 is 1.20 bits per heavy atom. The third-order valence-electron chi connectivity index (χ3n) is 3.15. The molecule has 1 heterocycles. The number of nitrogens with zero attached hydrogens (tertiary/aromatic N) is 1. The molecule has 0 bridgehead atoms. The third kappa shape index (κ3) is 7.40. The van der Waals surface area contributed by atoms with Crippen LogP contribution in [0.4, 0.5) is 0 Å². The number of nitrogens with one attached hydrogen (secondary N) is 1. The third-order valence-corrected chi connectivity index (χ3v) is 3.15. The van der Waals surface area contributed by atoms with Gasteiger partial charge in [-0.15, -0.1) is 24.8 Å². The number of rotatable bonds is 5. The van der Waals surface area contributed by atoms with Crippen LogP contribution in [0.25, 0.3) is 0 Å². The summed E-state index contributed by atoms with van der Waals surface area (Å²) < 4.78 is 0. The predicted octanol–water partition coefficient (Wildman–Crippen LogP) is 2.56. The van der Waals surface area contributed by atoms with Crippen LogP contribution in [-0.4, -0.2) is 37.6 Å². The molecule has 0 aromatic rings. The molecule has 1 N–H and O–H groups in total. The summed E-state index contributed by atoms with van der Waals surface area (Å²) >= 11 is 0. The maximum absolute atomic E-state index is 3.48. The maximum atomic E-state index is 3.48. The zero-order chi connectivity index (χ0) is 9.52. The number of hydrogen-bond donors (Lipinski definition) is 1. The second-order valence-corrected chi connectivity index (χ2v) is 4.03. The number of piperidine rings is 1. The van der Waals surface area contributed by atoms with Crippen molar-refractivity contribution in [2.24, 2.45) is 5.92 Å². The van der Waals surface area contributed by atoms with Crippen LogP contribution < -0.4 is 5.32 Å². The minimum atomic E-state index is 0. The first kappa shape index (κ1) is 17.9. The number of hydrogen-bond acceptors (Lipinski definition) is 2. The van der Waals surface area contributed by atoms with Gasteiger partial charge >= 0.3 is 0 Å². The molecule has 0 saturated carbocycles. The minimum Gasteiger partial charge on any atom is -0.316 e. The lowest BCUT2D eigenvalue weighted by Gasteiger charge is -2.25. The van der Waals surface area contributed by atoms with Crippen LogP contribution in [-0.2, 0) is 0 Å². The Morgan fingerprint density at radius 2 is 1.87 bits per heavy atom. The van der Waals surface area contributed by atoms with E-state index in [1.54, 1.807) is 0 Å². The van der Waals surface area contributed by atoms with Crippen molar-refractivity contribution in [3.8, 4) is 0 Å². The zero-order valence-corrected chi connectivity index (χ0v) is 11.6. The van der Waals surface area contributed by atoms with Gasteiger partial charge in [0.2, 0.25) is 0 Å². The van der Waals surface area contributed by atoms with Gasteiger partial charge in [-0.1, -0.05) is 13.8 Å². The smallest absolute Gasteiger partial charge is 0.00159 e. The predicted molar refractivity (Wildman–Crippen MR) is 72.5 cm³/mol. The molecule has 15 heavy (non-hydrogen) atoms. The first-order valence-electron chi connectivity index (χ1n) is 5.79. The van der Waals surface area contributed by atoms with Crippen LogP contribution in [0.15, 0.2) is 0 Å². The van der Waals surface area contributed by atoms with Crippen molar-refractivity contribution >= 4 is 24.8 Å². The van der Waals surface area contributed by atoms with E-state index in [4.69, 9.17) is 0 Å². The monoisotopic (exact) mass is 256 g/mol. The minimum absolute atomic E-state index is 0. The van der Waals surface area contributed by atoms with Crippen molar-refractivity contribution in [1.82, 2.24) is 10.2 Å². The topological polar surface area (TPSA) is 15.3 Å². The van der Waals surface area contributed by atoms with Crippen LogP contribution >= 0.6 is 24.8 Å². The quantitative estimate of drug-likeness (QED) is 0.814. The SMILES string of the molecule is CCN(CC)CCC1CCCNC1.Cl.Cl. The van der Waals surface area contributed by atoms with Crippen molar-refractivity contribution in [3.05, 3.63) is 0 Å². The molecule has 2 nitrogen and oxygen atoms in total. The molecule has 0 amide bonds. The molecule has 0 spiro atoms. The Hall–Kier alpha value is 0.500. The van der Waals surface area contributed by atoms with E-state index in [1.807, 2.05) is 0 Å². The van der Waals surface area contributed by atoms with E-state index in [2.05, 4.69) is 24.1 Å². The molecule has 1 unspecified atom stereocenters.